The van der Waals surface area contributed by atoms with E-state index in [9.17, 15) is 4.79 Å². The first-order valence-corrected chi connectivity index (χ1v) is 14.1. The molecule has 1 aliphatic rings. The molecule has 0 amide bonds. The third kappa shape index (κ3) is 8.17. The molecule has 5 heteroatoms. The molecule has 0 bridgehead atoms. The fourth-order valence-electron chi connectivity index (χ4n) is 5.33. The maximum atomic E-state index is 10.9. The normalized spacial score (nSPS) is 14.5. The lowest BCUT2D eigenvalue weighted by molar-refractivity contribution is 0.108. The molecule has 4 rings (SSSR count). The van der Waals surface area contributed by atoms with Gasteiger partial charge in [0, 0.05) is 31.7 Å². The van der Waals surface area contributed by atoms with Crippen LogP contribution in [0.3, 0.4) is 0 Å². The molecule has 202 valence electrons. The number of piperazine rings is 1. The van der Waals surface area contributed by atoms with Gasteiger partial charge in [-0.15, -0.1) is 0 Å². The Morgan fingerprint density at radius 2 is 1.34 bits per heavy atom. The number of hydrogen-bond acceptors (Lipinski definition) is 5. The number of rotatable bonds is 15. The van der Waals surface area contributed by atoms with E-state index in [-0.39, 0.29) is 0 Å². The van der Waals surface area contributed by atoms with Crippen LogP contribution in [0.1, 0.15) is 66.1 Å². The number of carbonyl (C=O) groups excluding carboxylic acids is 1. The van der Waals surface area contributed by atoms with Crippen LogP contribution in [0.15, 0.2) is 78.9 Å². The molecular formula is C33H42N2O3. The van der Waals surface area contributed by atoms with Gasteiger partial charge in [0.25, 0.3) is 0 Å². The molecule has 3 aromatic rings. The molecule has 0 unspecified atom stereocenters. The molecule has 1 fully saturated rings. The predicted molar refractivity (Wildman–Crippen MR) is 154 cm³/mol. The van der Waals surface area contributed by atoms with Crippen LogP contribution in [0.25, 0.3) is 0 Å². The predicted octanol–water partition coefficient (Wildman–Crippen LogP) is 6.63. The molecule has 0 aliphatic carbocycles. The van der Waals surface area contributed by atoms with Gasteiger partial charge in [-0.1, -0.05) is 86.3 Å². The molecule has 3 aromatic carbocycles. The number of aldehydes is 1. The number of hydrogen-bond donors (Lipinski definition) is 0. The number of methoxy groups -OCH3 is 1. The lowest BCUT2D eigenvalue weighted by Crippen LogP contribution is -2.48. The van der Waals surface area contributed by atoms with Crippen LogP contribution in [0.5, 0.6) is 11.5 Å². The molecule has 1 saturated heterocycles. The first-order chi connectivity index (χ1) is 18.8. The molecule has 5 nitrogen and oxygen atoms in total. The Morgan fingerprint density at radius 1 is 0.737 bits per heavy atom. The van der Waals surface area contributed by atoms with Crippen LogP contribution in [0, 0.1) is 0 Å². The van der Waals surface area contributed by atoms with Gasteiger partial charge in [-0.25, -0.2) is 0 Å². The first kappa shape index (κ1) is 27.9. The Morgan fingerprint density at radius 3 is 1.95 bits per heavy atom. The van der Waals surface area contributed by atoms with Gasteiger partial charge in [0.05, 0.1) is 19.8 Å². The fraction of sp³-hybridized carbons (Fsp3) is 0.424. The second kappa shape index (κ2) is 15.3. The monoisotopic (exact) mass is 514 g/mol. The van der Waals surface area contributed by atoms with Crippen molar-refractivity contribution in [2.45, 2.75) is 44.6 Å². The zero-order valence-corrected chi connectivity index (χ0v) is 22.8. The highest BCUT2D eigenvalue weighted by Crippen LogP contribution is 2.30. The van der Waals surface area contributed by atoms with E-state index in [1.807, 2.05) is 6.07 Å². The van der Waals surface area contributed by atoms with Crippen molar-refractivity contribution in [2.75, 3.05) is 46.4 Å². The standard InChI is InChI=1S/C33H42N2O3/c1-37-32-26-28(27-36)18-19-31(32)38-25-13-5-3-2-4-12-20-34-21-23-35(24-22-34)33(29-14-8-6-9-15-29)30-16-10-7-11-17-30/h6-11,14-19,26-27,33H,2-5,12-13,20-25H2,1H3. The second-order valence-electron chi connectivity index (χ2n) is 10.1. The lowest BCUT2D eigenvalue weighted by atomic mass is 9.96. The summed E-state index contributed by atoms with van der Waals surface area (Å²) in [5.74, 6) is 1.32. The van der Waals surface area contributed by atoms with Gasteiger partial charge in [-0.05, 0) is 48.7 Å². The number of ether oxygens (including phenoxy) is 2. The van der Waals surface area contributed by atoms with E-state index in [1.165, 1.54) is 49.8 Å². The minimum Gasteiger partial charge on any atom is -0.493 e. The first-order valence-electron chi connectivity index (χ1n) is 14.1. The molecule has 38 heavy (non-hydrogen) atoms. The SMILES string of the molecule is COc1cc(C=O)ccc1OCCCCCCCCN1CCN(C(c2ccccc2)c2ccccc2)CC1. The van der Waals surface area contributed by atoms with Crippen LogP contribution in [-0.4, -0.2) is 62.5 Å². The second-order valence-corrected chi connectivity index (χ2v) is 10.1. The molecule has 0 spiro atoms. The Kier molecular flexibility index (Phi) is 11.2. The summed E-state index contributed by atoms with van der Waals surface area (Å²) in [4.78, 5) is 16.2. The molecule has 1 aliphatic heterocycles. The van der Waals surface area contributed by atoms with Crippen molar-refractivity contribution < 1.29 is 14.3 Å². The summed E-state index contributed by atoms with van der Waals surface area (Å²) in [7, 11) is 1.60. The summed E-state index contributed by atoms with van der Waals surface area (Å²) in [6, 6.07) is 27.5. The quantitative estimate of drug-likeness (QED) is 0.168. The number of unbranched alkanes of at least 4 members (excludes halogenated alkanes) is 5. The van der Waals surface area contributed by atoms with E-state index in [0.29, 0.717) is 29.7 Å². The summed E-state index contributed by atoms with van der Waals surface area (Å²) in [5, 5.41) is 0. The van der Waals surface area contributed by atoms with Crippen LogP contribution >= 0.6 is 0 Å². The van der Waals surface area contributed by atoms with Crippen molar-refractivity contribution in [2.24, 2.45) is 0 Å². The number of carbonyl (C=O) groups is 1. The average Bonchev–Trinajstić information content (AvgIpc) is 2.98. The highest BCUT2D eigenvalue weighted by atomic mass is 16.5. The van der Waals surface area contributed by atoms with Gasteiger partial charge in [0.15, 0.2) is 11.5 Å². The molecule has 0 radical (unpaired) electrons. The topological polar surface area (TPSA) is 42.0 Å². The zero-order chi connectivity index (χ0) is 26.4. The Labute approximate surface area is 228 Å². The van der Waals surface area contributed by atoms with Crippen molar-refractivity contribution in [3.8, 4) is 11.5 Å². The van der Waals surface area contributed by atoms with Crippen LogP contribution < -0.4 is 9.47 Å². The summed E-state index contributed by atoms with van der Waals surface area (Å²) in [6.45, 7) is 6.38. The fourth-order valence-corrected chi connectivity index (χ4v) is 5.33. The van der Waals surface area contributed by atoms with Crippen molar-refractivity contribution in [1.82, 2.24) is 9.80 Å². The molecule has 0 atom stereocenters. The highest BCUT2D eigenvalue weighted by Gasteiger charge is 2.26. The van der Waals surface area contributed by atoms with Crippen LogP contribution in [0.4, 0.5) is 0 Å². The van der Waals surface area contributed by atoms with E-state index in [0.717, 1.165) is 38.9 Å². The van der Waals surface area contributed by atoms with Gasteiger partial charge in [0.2, 0.25) is 0 Å². The van der Waals surface area contributed by atoms with Crippen molar-refractivity contribution in [3.05, 3.63) is 95.6 Å². The highest BCUT2D eigenvalue weighted by molar-refractivity contribution is 5.76. The Hall–Kier alpha value is -3.15. The van der Waals surface area contributed by atoms with E-state index < -0.39 is 0 Å². The third-order valence-electron chi connectivity index (χ3n) is 7.45. The maximum Gasteiger partial charge on any atom is 0.161 e. The van der Waals surface area contributed by atoms with Crippen LogP contribution in [0.2, 0.25) is 0 Å². The summed E-state index contributed by atoms with van der Waals surface area (Å²) < 4.78 is 11.2. The smallest absolute Gasteiger partial charge is 0.161 e. The van der Waals surface area contributed by atoms with E-state index in [4.69, 9.17) is 9.47 Å². The number of benzene rings is 3. The van der Waals surface area contributed by atoms with Crippen LogP contribution in [-0.2, 0) is 0 Å². The van der Waals surface area contributed by atoms with E-state index in [1.54, 1.807) is 19.2 Å². The van der Waals surface area contributed by atoms with Gasteiger partial charge in [-0.2, -0.15) is 0 Å². The van der Waals surface area contributed by atoms with E-state index in [2.05, 4.69) is 70.5 Å². The Balaban J connectivity index is 1.09. The van der Waals surface area contributed by atoms with Gasteiger partial charge < -0.3 is 14.4 Å². The zero-order valence-electron chi connectivity index (χ0n) is 22.8. The van der Waals surface area contributed by atoms with Crippen molar-refractivity contribution in [1.29, 1.82) is 0 Å². The number of nitrogens with zero attached hydrogens (tertiary/aromatic N) is 2. The van der Waals surface area contributed by atoms with Gasteiger partial charge in [-0.3, -0.25) is 9.69 Å². The third-order valence-corrected chi connectivity index (χ3v) is 7.45. The maximum absolute atomic E-state index is 10.9. The summed E-state index contributed by atoms with van der Waals surface area (Å²) in [6.07, 6.45) is 8.11. The van der Waals surface area contributed by atoms with Gasteiger partial charge >= 0.3 is 0 Å². The molecule has 0 saturated carbocycles. The average molecular weight is 515 g/mol. The minimum absolute atomic E-state index is 0.334. The molecule has 1 heterocycles. The lowest BCUT2D eigenvalue weighted by Gasteiger charge is -2.39. The largest absolute Gasteiger partial charge is 0.493 e. The van der Waals surface area contributed by atoms with Crippen molar-refractivity contribution in [3.63, 3.8) is 0 Å². The molecular weight excluding hydrogens is 472 g/mol. The summed E-state index contributed by atoms with van der Waals surface area (Å²) >= 11 is 0. The van der Waals surface area contributed by atoms with Crippen molar-refractivity contribution >= 4 is 6.29 Å². The van der Waals surface area contributed by atoms with E-state index >= 15 is 0 Å². The Bertz CT molecular complexity index is 1040. The molecule has 0 aromatic heterocycles. The van der Waals surface area contributed by atoms with Gasteiger partial charge in [0.1, 0.15) is 6.29 Å². The molecule has 0 N–H and O–H groups in total. The summed E-state index contributed by atoms with van der Waals surface area (Å²) in [5.41, 5.74) is 3.36. The minimum atomic E-state index is 0.334.